The molecular weight excluding hydrogens is 494 g/mol. The Hall–Kier alpha value is -3.81. The van der Waals surface area contributed by atoms with Gasteiger partial charge < -0.3 is 15.3 Å². The highest BCUT2D eigenvalue weighted by atomic mass is 32.1. The quantitative estimate of drug-likeness (QED) is 0.325. The van der Waals surface area contributed by atoms with Crippen LogP contribution in [-0.4, -0.2) is 46.0 Å². The standard InChI is InChI=1S/C31H31N3O3S/c1-21-11-13-23(14-12-21)25-9-5-6-10-26(25)32-29(36)27-20-38-30(33-27)24-15-17-34(18-16-24)31(37)28(35)19-22-7-3-2-4-8-22/h2-14,20,24,28,35H,15-19H2,1H3,(H,32,36)/t28-/m1/s1. The lowest BCUT2D eigenvalue weighted by molar-refractivity contribution is -0.141. The summed E-state index contributed by atoms with van der Waals surface area (Å²) in [4.78, 5) is 32.2. The van der Waals surface area contributed by atoms with Crippen molar-refractivity contribution in [1.82, 2.24) is 9.88 Å². The van der Waals surface area contributed by atoms with E-state index in [1.807, 2.05) is 61.5 Å². The molecule has 1 aliphatic heterocycles. The summed E-state index contributed by atoms with van der Waals surface area (Å²) in [6, 6.07) is 25.6. The van der Waals surface area contributed by atoms with Gasteiger partial charge in [0.2, 0.25) is 0 Å². The normalized spacial score (nSPS) is 14.7. The molecule has 194 valence electrons. The van der Waals surface area contributed by atoms with Crippen LogP contribution in [0.5, 0.6) is 0 Å². The summed E-state index contributed by atoms with van der Waals surface area (Å²) >= 11 is 1.49. The van der Waals surface area contributed by atoms with Crippen molar-refractivity contribution in [2.75, 3.05) is 18.4 Å². The number of amides is 2. The van der Waals surface area contributed by atoms with Crippen LogP contribution < -0.4 is 5.32 Å². The summed E-state index contributed by atoms with van der Waals surface area (Å²) < 4.78 is 0. The lowest BCUT2D eigenvalue weighted by atomic mass is 9.96. The largest absolute Gasteiger partial charge is 0.383 e. The first-order valence-corrected chi connectivity index (χ1v) is 13.8. The zero-order valence-electron chi connectivity index (χ0n) is 21.3. The number of carbonyl (C=O) groups excluding carboxylic acids is 2. The lowest BCUT2D eigenvalue weighted by Gasteiger charge is -2.32. The van der Waals surface area contributed by atoms with Gasteiger partial charge in [-0.3, -0.25) is 9.59 Å². The summed E-state index contributed by atoms with van der Waals surface area (Å²) in [5.74, 6) is -0.265. The fourth-order valence-electron chi connectivity index (χ4n) is 4.82. The number of nitrogens with one attached hydrogen (secondary N) is 1. The summed E-state index contributed by atoms with van der Waals surface area (Å²) in [7, 11) is 0. The molecule has 0 aliphatic carbocycles. The Kier molecular flexibility index (Phi) is 7.96. The van der Waals surface area contributed by atoms with Gasteiger partial charge in [0.25, 0.3) is 11.8 Å². The first-order valence-electron chi connectivity index (χ1n) is 12.9. The summed E-state index contributed by atoms with van der Waals surface area (Å²) in [5, 5.41) is 16.2. The van der Waals surface area contributed by atoms with Gasteiger partial charge >= 0.3 is 0 Å². The molecule has 0 saturated carbocycles. The van der Waals surface area contributed by atoms with Crippen molar-refractivity contribution >= 4 is 28.8 Å². The number of anilines is 1. The molecule has 0 spiro atoms. The van der Waals surface area contributed by atoms with E-state index in [1.54, 1.807) is 10.3 Å². The fourth-order valence-corrected chi connectivity index (χ4v) is 5.80. The van der Waals surface area contributed by atoms with Crippen molar-refractivity contribution < 1.29 is 14.7 Å². The van der Waals surface area contributed by atoms with Crippen LogP contribution in [0.3, 0.4) is 0 Å². The van der Waals surface area contributed by atoms with Crippen molar-refractivity contribution in [1.29, 1.82) is 0 Å². The molecule has 7 heteroatoms. The van der Waals surface area contributed by atoms with Gasteiger partial charge in [0.15, 0.2) is 0 Å². The number of piperidine rings is 1. The lowest BCUT2D eigenvalue weighted by Crippen LogP contribution is -2.44. The van der Waals surface area contributed by atoms with E-state index in [1.165, 1.54) is 16.9 Å². The van der Waals surface area contributed by atoms with Crippen LogP contribution in [0.1, 0.15) is 45.4 Å². The number of nitrogens with zero attached hydrogens (tertiary/aromatic N) is 2. The molecule has 1 atom stereocenters. The van der Waals surface area contributed by atoms with E-state index < -0.39 is 6.10 Å². The highest BCUT2D eigenvalue weighted by Crippen LogP contribution is 2.32. The predicted octanol–water partition coefficient (Wildman–Crippen LogP) is 5.68. The molecule has 5 rings (SSSR count). The highest BCUT2D eigenvalue weighted by molar-refractivity contribution is 7.10. The average Bonchev–Trinajstić information content (AvgIpc) is 3.45. The molecule has 0 bridgehead atoms. The van der Waals surface area contributed by atoms with Gasteiger partial charge in [-0.2, -0.15) is 0 Å². The van der Waals surface area contributed by atoms with Gasteiger partial charge in [0, 0.05) is 42.1 Å². The van der Waals surface area contributed by atoms with Gasteiger partial charge in [-0.15, -0.1) is 11.3 Å². The number of aliphatic hydroxyl groups excluding tert-OH is 1. The molecule has 6 nitrogen and oxygen atoms in total. The molecular formula is C31H31N3O3S. The topological polar surface area (TPSA) is 82.5 Å². The van der Waals surface area contributed by atoms with Crippen molar-refractivity contribution in [3.63, 3.8) is 0 Å². The molecule has 2 amide bonds. The molecule has 1 aromatic heterocycles. The summed E-state index contributed by atoms with van der Waals surface area (Å²) in [6.07, 6.45) is 0.799. The van der Waals surface area contributed by atoms with Gasteiger partial charge in [0.05, 0.1) is 5.01 Å². The van der Waals surface area contributed by atoms with Gasteiger partial charge in [0.1, 0.15) is 11.8 Å². The zero-order valence-corrected chi connectivity index (χ0v) is 22.2. The van der Waals surface area contributed by atoms with Crippen LogP contribution in [0.25, 0.3) is 11.1 Å². The number of thiazole rings is 1. The predicted molar refractivity (Wildman–Crippen MR) is 151 cm³/mol. The van der Waals surface area contributed by atoms with E-state index in [-0.39, 0.29) is 17.7 Å². The maximum atomic E-state index is 13.1. The van der Waals surface area contributed by atoms with Crippen molar-refractivity contribution in [2.45, 2.75) is 38.2 Å². The number of para-hydroxylation sites is 1. The first-order chi connectivity index (χ1) is 18.5. The highest BCUT2D eigenvalue weighted by Gasteiger charge is 2.29. The van der Waals surface area contributed by atoms with E-state index in [9.17, 15) is 14.7 Å². The molecule has 2 heterocycles. The Morgan fingerprint density at radius 3 is 2.42 bits per heavy atom. The van der Waals surface area contributed by atoms with Crippen LogP contribution in [0.15, 0.2) is 84.2 Å². The van der Waals surface area contributed by atoms with Crippen LogP contribution in [0, 0.1) is 6.92 Å². The number of rotatable bonds is 7. The molecule has 38 heavy (non-hydrogen) atoms. The third-order valence-electron chi connectivity index (χ3n) is 7.01. The smallest absolute Gasteiger partial charge is 0.275 e. The van der Waals surface area contributed by atoms with E-state index in [0.717, 1.165) is 40.2 Å². The number of hydrogen-bond acceptors (Lipinski definition) is 5. The van der Waals surface area contributed by atoms with Gasteiger partial charge in [-0.1, -0.05) is 78.4 Å². The molecule has 2 N–H and O–H groups in total. The number of aryl methyl sites for hydroxylation is 1. The second-order valence-electron chi connectivity index (χ2n) is 9.74. The summed E-state index contributed by atoms with van der Waals surface area (Å²) in [5.41, 5.74) is 5.28. The molecule has 3 aromatic carbocycles. The second kappa shape index (κ2) is 11.7. The van der Waals surface area contributed by atoms with E-state index in [2.05, 4.69) is 34.6 Å². The zero-order chi connectivity index (χ0) is 26.5. The monoisotopic (exact) mass is 525 g/mol. The van der Waals surface area contributed by atoms with Crippen LogP contribution in [0.2, 0.25) is 0 Å². The SMILES string of the molecule is Cc1ccc(-c2ccccc2NC(=O)c2csc(C3CCN(C(=O)[C@H](O)Cc4ccccc4)CC3)n2)cc1. The molecule has 0 unspecified atom stereocenters. The van der Waals surface area contributed by atoms with Crippen molar-refractivity contribution in [2.24, 2.45) is 0 Å². The Balaban J connectivity index is 1.18. The van der Waals surface area contributed by atoms with Crippen molar-refractivity contribution in [3.05, 3.63) is 106 Å². The molecule has 0 radical (unpaired) electrons. The number of carbonyl (C=O) groups is 2. The minimum absolute atomic E-state index is 0.191. The Labute approximate surface area is 227 Å². The minimum atomic E-state index is -1.04. The first kappa shape index (κ1) is 25.8. The van der Waals surface area contributed by atoms with E-state index in [0.29, 0.717) is 25.2 Å². The fraction of sp³-hybridized carbons (Fsp3) is 0.258. The van der Waals surface area contributed by atoms with Crippen LogP contribution >= 0.6 is 11.3 Å². The van der Waals surface area contributed by atoms with Crippen LogP contribution in [0.4, 0.5) is 5.69 Å². The Morgan fingerprint density at radius 1 is 1.00 bits per heavy atom. The van der Waals surface area contributed by atoms with Gasteiger partial charge in [-0.25, -0.2) is 4.98 Å². The van der Waals surface area contributed by atoms with Crippen LogP contribution in [-0.2, 0) is 11.2 Å². The van der Waals surface area contributed by atoms with Gasteiger partial charge in [-0.05, 0) is 37.0 Å². The number of aliphatic hydroxyl groups is 1. The van der Waals surface area contributed by atoms with E-state index >= 15 is 0 Å². The molecule has 1 aliphatic rings. The maximum absolute atomic E-state index is 13.1. The average molecular weight is 526 g/mol. The van der Waals surface area contributed by atoms with E-state index in [4.69, 9.17) is 0 Å². The molecule has 1 fully saturated rings. The Bertz CT molecular complexity index is 1390. The molecule has 1 saturated heterocycles. The number of likely N-dealkylation sites (tertiary alicyclic amines) is 1. The third kappa shape index (κ3) is 6.01. The maximum Gasteiger partial charge on any atom is 0.275 e. The molecule has 4 aromatic rings. The number of benzene rings is 3. The second-order valence-corrected chi connectivity index (χ2v) is 10.6. The Morgan fingerprint density at radius 2 is 1.68 bits per heavy atom. The number of aromatic nitrogens is 1. The third-order valence-corrected chi connectivity index (χ3v) is 8.01. The van der Waals surface area contributed by atoms with Crippen molar-refractivity contribution in [3.8, 4) is 11.1 Å². The summed E-state index contributed by atoms with van der Waals surface area (Å²) in [6.45, 7) is 3.19. The minimum Gasteiger partial charge on any atom is -0.383 e. The number of hydrogen-bond donors (Lipinski definition) is 2.